The molecule has 1 aromatic rings. The van der Waals surface area contributed by atoms with Crippen molar-refractivity contribution in [1.29, 1.82) is 0 Å². The van der Waals surface area contributed by atoms with Crippen LogP contribution in [0.5, 0.6) is 0 Å². The predicted octanol–water partition coefficient (Wildman–Crippen LogP) is 2.26. The molecule has 0 unspecified atom stereocenters. The molecule has 0 radical (unpaired) electrons. The van der Waals surface area contributed by atoms with Crippen LogP contribution < -0.4 is 0 Å². The van der Waals surface area contributed by atoms with Crippen molar-refractivity contribution >= 4 is 11.8 Å². The molecule has 19 heavy (non-hydrogen) atoms. The molecule has 1 aromatic carbocycles. The van der Waals surface area contributed by atoms with Crippen molar-refractivity contribution in [2.75, 3.05) is 0 Å². The molecule has 4 heteroatoms. The SMILES string of the molecule is CC(=O)CC[C@@H](OCc1ccccc1)[C@H]1CC(=O)O1. The van der Waals surface area contributed by atoms with Gasteiger partial charge in [-0.05, 0) is 18.9 Å². The minimum atomic E-state index is -0.199. The summed E-state index contributed by atoms with van der Waals surface area (Å²) in [6, 6.07) is 9.81. The quantitative estimate of drug-likeness (QED) is 0.707. The van der Waals surface area contributed by atoms with Crippen LogP contribution in [0.25, 0.3) is 0 Å². The Labute approximate surface area is 112 Å². The number of Topliss-reactive ketones (excluding diaryl/α,β-unsaturated/α-hetero) is 1. The fourth-order valence-corrected chi connectivity index (χ4v) is 2.03. The highest BCUT2D eigenvalue weighted by molar-refractivity contribution is 5.76. The molecule has 102 valence electrons. The number of ketones is 1. The summed E-state index contributed by atoms with van der Waals surface area (Å²) >= 11 is 0. The Kier molecular flexibility index (Phi) is 4.68. The Morgan fingerprint density at radius 1 is 1.42 bits per heavy atom. The summed E-state index contributed by atoms with van der Waals surface area (Å²) in [5, 5.41) is 0. The molecule has 4 nitrogen and oxygen atoms in total. The summed E-state index contributed by atoms with van der Waals surface area (Å²) in [5.41, 5.74) is 1.07. The van der Waals surface area contributed by atoms with Crippen molar-refractivity contribution in [2.45, 2.75) is 45.0 Å². The van der Waals surface area contributed by atoms with Gasteiger partial charge in [0.1, 0.15) is 11.9 Å². The van der Waals surface area contributed by atoms with Crippen LogP contribution in [0, 0.1) is 0 Å². The Balaban J connectivity index is 1.86. The highest BCUT2D eigenvalue weighted by Crippen LogP contribution is 2.23. The molecule has 1 aliphatic heterocycles. The topological polar surface area (TPSA) is 52.6 Å². The van der Waals surface area contributed by atoms with Gasteiger partial charge in [0.05, 0.1) is 19.1 Å². The van der Waals surface area contributed by atoms with Crippen LogP contribution in [0.15, 0.2) is 30.3 Å². The molecule has 1 aliphatic rings. The maximum Gasteiger partial charge on any atom is 0.310 e. The molecule has 0 N–H and O–H groups in total. The van der Waals surface area contributed by atoms with Crippen LogP contribution in [-0.4, -0.2) is 24.0 Å². The van der Waals surface area contributed by atoms with Crippen molar-refractivity contribution in [3.05, 3.63) is 35.9 Å². The van der Waals surface area contributed by atoms with Gasteiger partial charge in [-0.15, -0.1) is 0 Å². The molecule has 0 aliphatic carbocycles. The Morgan fingerprint density at radius 3 is 2.68 bits per heavy atom. The second kappa shape index (κ2) is 6.48. The van der Waals surface area contributed by atoms with Gasteiger partial charge in [-0.25, -0.2) is 0 Å². The van der Waals surface area contributed by atoms with Gasteiger partial charge in [0.25, 0.3) is 0 Å². The van der Waals surface area contributed by atoms with Crippen LogP contribution in [0.2, 0.25) is 0 Å². The third kappa shape index (κ3) is 4.17. The van der Waals surface area contributed by atoms with Crippen LogP contribution in [0.3, 0.4) is 0 Å². The number of benzene rings is 1. The first kappa shape index (κ1) is 13.7. The minimum Gasteiger partial charge on any atom is -0.459 e. The van der Waals surface area contributed by atoms with Gasteiger partial charge in [-0.1, -0.05) is 30.3 Å². The summed E-state index contributed by atoms with van der Waals surface area (Å²) in [6.45, 7) is 2.03. The first-order valence-corrected chi connectivity index (χ1v) is 6.49. The van der Waals surface area contributed by atoms with E-state index in [4.69, 9.17) is 9.47 Å². The molecule has 1 fully saturated rings. The average Bonchev–Trinajstić information content (AvgIpc) is 2.37. The summed E-state index contributed by atoms with van der Waals surface area (Å²) < 4.78 is 10.8. The molecule has 1 saturated heterocycles. The molecule has 0 bridgehead atoms. The van der Waals surface area contributed by atoms with E-state index in [9.17, 15) is 9.59 Å². The van der Waals surface area contributed by atoms with Crippen molar-refractivity contribution in [1.82, 2.24) is 0 Å². The van der Waals surface area contributed by atoms with Crippen LogP contribution in [0.1, 0.15) is 31.7 Å². The number of carbonyl (C=O) groups is 2. The van der Waals surface area contributed by atoms with E-state index < -0.39 is 0 Å². The Bertz CT molecular complexity index is 433. The number of carbonyl (C=O) groups excluding carboxylic acids is 2. The van der Waals surface area contributed by atoms with E-state index in [1.165, 1.54) is 0 Å². The molecule has 1 heterocycles. The first-order chi connectivity index (χ1) is 9.15. The van der Waals surface area contributed by atoms with Crippen LogP contribution in [0.4, 0.5) is 0 Å². The number of esters is 1. The van der Waals surface area contributed by atoms with E-state index >= 15 is 0 Å². The largest absolute Gasteiger partial charge is 0.459 e. The molecular weight excluding hydrogens is 244 g/mol. The molecule has 2 atom stereocenters. The highest BCUT2D eigenvalue weighted by Gasteiger charge is 2.36. The summed E-state index contributed by atoms with van der Waals surface area (Å²) in [7, 11) is 0. The number of hydrogen-bond donors (Lipinski definition) is 0. The van der Waals surface area contributed by atoms with Gasteiger partial charge in [0.2, 0.25) is 0 Å². The lowest BCUT2D eigenvalue weighted by Crippen LogP contribution is -2.43. The average molecular weight is 262 g/mol. The fourth-order valence-electron chi connectivity index (χ4n) is 2.03. The second-order valence-corrected chi connectivity index (χ2v) is 4.81. The van der Waals surface area contributed by atoms with E-state index in [1.807, 2.05) is 30.3 Å². The normalized spacial score (nSPS) is 19.4. The smallest absolute Gasteiger partial charge is 0.310 e. The minimum absolute atomic E-state index is 0.124. The molecule has 0 aromatic heterocycles. The van der Waals surface area contributed by atoms with E-state index in [2.05, 4.69) is 0 Å². The van der Waals surface area contributed by atoms with E-state index in [0.29, 0.717) is 25.9 Å². The van der Waals surface area contributed by atoms with Gasteiger partial charge in [-0.2, -0.15) is 0 Å². The molecule has 0 amide bonds. The molecule has 0 spiro atoms. The van der Waals surface area contributed by atoms with Crippen molar-refractivity contribution in [3.8, 4) is 0 Å². The van der Waals surface area contributed by atoms with Crippen LogP contribution >= 0.6 is 0 Å². The number of cyclic esters (lactones) is 1. The van der Waals surface area contributed by atoms with Crippen molar-refractivity contribution in [2.24, 2.45) is 0 Å². The standard InChI is InChI=1S/C15H18O4/c1-11(16)7-8-13(14-9-15(17)19-14)18-10-12-5-3-2-4-6-12/h2-6,13-14H,7-10H2,1H3/t13-,14-/m1/s1. The van der Waals surface area contributed by atoms with Crippen molar-refractivity contribution < 1.29 is 19.1 Å². The molecular formula is C15H18O4. The van der Waals surface area contributed by atoms with Crippen LogP contribution in [-0.2, 0) is 25.7 Å². The Hall–Kier alpha value is -1.68. The maximum absolute atomic E-state index is 11.1. The van der Waals surface area contributed by atoms with E-state index in [0.717, 1.165) is 5.56 Å². The molecule has 2 rings (SSSR count). The zero-order valence-electron chi connectivity index (χ0n) is 11.0. The summed E-state index contributed by atoms with van der Waals surface area (Å²) in [4.78, 5) is 21.9. The third-order valence-corrected chi connectivity index (χ3v) is 3.15. The second-order valence-electron chi connectivity index (χ2n) is 4.81. The van der Waals surface area contributed by atoms with Gasteiger partial charge in [0.15, 0.2) is 0 Å². The van der Waals surface area contributed by atoms with E-state index in [-0.39, 0.29) is 24.0 Å². The van der Waals surface area contributed by atoms with Gasteiger partial charge in [0, 0.05) is 6.42 Å². The number of hydrogen-bond acceptors (Lipinski definition) is 4. The zero-order chi connectivity index (χ0) is 13.7. The first-order valence-electron chi connectivity index (χ1n) is 6.49. The summed E-state index contributed by atoms with van der Waals surface area (Å²) in [6.07, 6.45) is 1.04. The zero-order valence-corrected chi connectivity index (χ0v) is 11.0. The lowest BCUT2D eigenvalue weighted by Gasteiger charge is -2.32. The van der Waals surface area contributed by atoms with Gasteiger partial charge < -0.3 is 14.3 Å². The monoisotopic (exact) mass is 262 g/mol. The Morgan fingerprint density at radius 2 is 2.11 bits per heavy atom. The number of ether oxygens (including phenoxy) is 2. The lowest BCUT2D eigenvalue weighted by atomic mass is 10.0. The maximum atomic E-state index is 11.1. The van der Waals surface area contributed by atoms with Gasteiger partial charge >= 0.3 is 5.97 Å². The fraction of sp³-hybridized carbons (Fsp3) is 0.467. The van der Waals surface area contributed by atoms with E-state index in [1.54, 1.807) is 6.92 Å². The predicted molar refractivity (Wildman–Crippen MR) is 69.4 cm³/mol. The summed E-state index contributed by atoms with van der Waals surface area (Å²) in [5.74, 6) is -0.0694. The van der Waals surface area contributed by atoms with Crippen molar-refractivity contribution in [3.63, 3.8) is 0 Å². The number of rotatable bonds is 7. The highest BCUT2D eigenvalue weighted by atomic mass is 16.6. The van der Waals surface area contributed by atoms with Gasteiger partial charge in [-0.3, -0.25) is 4.79 Å². The lowest BCUT2D eigenvalue weighted by molar-refractivity contribution is -0.186. The third-order valence-electron chi connectivity index (χ3n) is 3.15. The molecule has 0 saturated carbocycles.